The molecule has 50 valence electrons. The van der Waals surface area contributed by atoms with Crippen molar-refractivity contribution in [2.75, 3.05) is 0 Å². The number of rotatable bonds is 0. The molecule has 2 rings (SSSR count). The van der Waals surface area contributed by atoms with Crippen LogP contribution in [0.2, 0.25) is 0 Å². The highest BCUT2D eigenvalue weighted by Crippen LogP contribution is 2.04. The molecule has 0 saturated carbocycles. The van der Waals surface area contributed by atoms with Gasteiger partial charge in [0.1, 0.15) is 6.33 Å². The maximum atomic E-state index is 8.93. The van der Waals surface area contributed by atoms with Gasteiger partial charge in [-0.15, -0.1) is 5.10 Å². The number of fused-ring (bicyclic) bond motifs is 1. The minimum atomic E-state index is 0.426. The van der Waals surface area contributed by atoms with Gasteiger partial charge in [-0.1, -0.05) is 4.85 Å². The van der Waals surface area contributed by atoms with E-state index < -0.39 is 0 Å². The molecule has 0 radical (unpaired) electrons. The van der Waals surface area contributed by atoms with Crippen LogP contribution in [-0.2, 0) is 0 Å². The molecule has 5 heteroatoms. The maximum Gasteiger partial charge on any atom is 0.201 e. The van der Waals surface area contributed by atoms with Gasteiger partial charge in [0, 0.05) is 6.20 Å². The van der Waals surface area contributed by atoms with Gasteiger partial charge in [-0.3, -0.25) is 0 Å². The average molecular weight is 136 g/mol. The van der Waals surface area contributed by atoms with Crippen LogP contribution in [0.5, 0.6) is 0 Å². The SMILES string of the molecule is On1ncc2cncnc21. The van der Waals surface area contributed by atoms with Crippen molar-refractivity contribution in [3.8, 4) is 0 Å². The van der Waals surface area contributed by atoms with E-state index in [-0.39, 0.29) is 0 Å². The van der Waals surface area contributed by atoms with Gasteiger partial charge in [0.05, 0.1) is 11.6 Å². The molecule has 0 aliphatic rings. The first-order valence-corrected chi connectivity index (χ1v) is 2.71. The van der Waals surface area contributed by atoms with Crippen molar-refractivity contribution in [2.45, 2.75) is 0 Å². The Morgan fingerprint density at radius 2 is 2.30 bits per heavy atom. The Morgan fingerprint density at radius 3 is 3.10 bits per heavy atom. The predicted octanol–water partition coefficient (Wildman–Crippen LogP) is 0.0636. The summed E-state index contributed by atoms with van der Waals surface area (Å²) in [6.45, 7) is 0. The molecule has 0 unspecified atom stereocenters. The summed E-state index contributed by atoms with van der Waals surface area (Å²) in [6.07, 6.45) is 4.44. The number of hydrogen-bond donors (Lipinski definition) is 1. The first-order valence-electron chi connectivity index (χ1n) is 2.71. The zero-order valence-electron chi connectivity index (χ0n) is 4.97. The summed E-state index contributed by atoms with van der Waals surface area (Å²) in [5, 5.41) is 13.2. The first-order chi connectivity index (χ1) is 4.88. The molecule has 0 atom stereocenters. The average Bonchev–Trinajstić information content (AvgIpc) is 2.34. The Kier molecular flexibility index (Phi) is 0.858. The second-order valence-corrected chi connectivity index (χ2v) is 1.84. The van der Waals surface area contributed by atoms with E-state index in [1.54, 1.807) is 6.20 Å². The summed E-state index contributed by atoms with van der Waals surface area (Å²) in [5.74, 6) is 0. The Morgan fingerprint density at radius 1 is 1.40 bits per heavy atom. The van der Waals surface area contributed by atoms with E-state index >= 15 is 0 Å². The van der Waals surface area contributed by atoms with E-state index in [1.807, 2.05) is 0 Å². The highest BCUT2D eigenvalue weighted by atomic mass is 16.5. The number of aromatic nitrogens is 4. The van der Waals surface area contributed by atoms with Gasteiger partial charge in [0.2, 0.25) is 5.65 Å². The van der Waals surface area contributed by atoms with Crippen molar-refractivity contribution in [3.05, 3.63) is 18.7 Å². The highest BCUT2D eigenvalue weighted by Gasteiger charge is 1.98. The van der Waals surface area contributed by atoms with E-state index in [0.717, 1.165) is 10.2 Å². The molecule has 0 aromatic carbocycles. The molecule has 2 aromatic rings. The molecule has 5 nitrogen and oxygen atoms in total. The Labute approximate surface area is 55.9 Å². The predicted molar refractivity (Wildman–Crippen MR) is 32.5 cm³/mol. The number of hydrogen-bond acceptors (Lipinski definition) is 4. The Bertz CT molecular complexity index is 355. The smallest absolute Gasteiger partial charge is 0.201 e. The van der Waals surface area contributed by atoms with E-state index in [1.165, 1.54) is 12.5 Å². The van der Waals surface area contributed by atoms with Crippen LogP contribution in [0.25, 0.3) is 11.0 Å². The van der Waals surface area contributed by atoms with Crippen LogP contribution in [0.1, 0.15) is 0 Å². The topological polar surface area (TPSA) is 63.8 Å². The lowest BCUT2D eigenvalue weighted by Crippen LogP contribution is -1.92. The summed E-state index contributed by atoms with van der Waals surface area (Å²) in [7, 11) is 0. The van der Waals surface area contributed by atoms with Crippen molar-refractivity contribution >= 4 is 11.0 Å². The van der Waals surface area contributed by atoms with Crippen LogP contribution in [0.3, 0.4) is 0 Å². The molecule has 1 N–H and O–H groups in total. The van der Waals surface area contributed by atoms with Crippen LogP contribution >= 0.6 is 0 Å². The molecule has 2 heterocycles. The zero-order chi connectivity index (χ0) is 6.97. The Balaban J connectivity index is 2.93. The summed E-state index contributed by atoms with van der Waals surface area (Å²) >= 11 is 0. The van der Waals surface area contributed by atoms with Gasteiger partial charge in [-0.25, -0.2) is 9.97 Å². The largest absolute Gasteiger partial charge is 0.410 e. The molecule has 2 aromatic heterocycles. The molecule has 0 aliphatic heterocycles. The van der Waals surface area contributed by atoms with Crippen LogP contribution in [0.15, 0.2) is 18.7 Å². The fourth-order valence-corrected chi connectivity index (χ4v) is 0.764. The number of nitrogens with zero attached hydrogens (tertiary/aromatic N) is 4. The third kappa shape index (κ3) is 0.540. The highest BCUT2D eigenvalue weighted by molar-refractivity contribution is 5.72. The minimum Gasteiger partial charge on any atom is -0.410 e. The lowest BCUT2D eigenvalue weighted by molar-refractivity contribution is 0.159. The van der Waals surface area contributed by atoms with Crippen LogP contribution in [0.4, 0.5) is 0 Å². The second kappa shape index (κ2) is 1.66. The van der Waals surface area contributed by atoms with Gasteiger partial charge < -0.3 is 5.21 Å². The molecular weight excluding hydrogens is 132 g/mol. The lowest BCUT2D eigenvalue weighted by Gasteiger charge is -1.87. The van der Waals surface area contributed by atoms with Gasteiger partial charge in [0.15, 0.2) is 0 Å². The van der Waals surface area contributed by atoms with E-state index in [0.29, 0.717) is 5.65 Å². The molecule has 0 aliphatic carbocycles. The zero-order valence-corrected chi connectivity index (χ0v) is 4.97. The van der Waals surface area contributed by atoms with Crippen LogP contribution < -0.4 is 0 Å². The van der Waals surface area contributed by atoms with Gasteiger partial charge in [-0.2, -0.15) is 0 Å². The quantitative estimate of drug-likeness (QED) is 0.520. The van der Waals surface area contributed by atoms with Gasteiger partial charge in [0.25, 0.3) is 0 Å². The Hall–Kier alpha value is -1.65. The van der Waals surface area contributed by atoms with Crippen molar-refractivity contribution < 1.29 is 5.21 Å². The van der Waals surface area contributed by atoms with Crippen LogP contribution in [-0.4, -0.2) is 25.1 Å². The van der Waals surface area contributed by atoms with Crippen molar-refractivity contribution in [1.29, 1.82) is 0 Å². The fraction of sp³-hybridized carbons (Fsp3) is 0. The first kappa shape index (κ1) is 5.16. The lowest BCUT2D eigenvalue weighted by atomic mass is 10.5. The molecule has 0 spiro atoms. The third-order valence-electron chi connectivity index (χ3n) is 1.21. The van der Waals surface area contributed by atoms with Gasteiger partial charge in [-0.05, 0) is 0 Å². The van der Waals surface area contributed by atoms with Crippen molar-refractivity contribution in [1.82, 2.24) is 19.9 Å². The molecular formula is C5H4N4O. The van der Waals surface area contributed by atoms with Crippen LogP contribution in [0, 0.1) is 0 Å². The molecule has 0 bridgehead atoms. The third-order valence-corrected chi connectivity index (χ3v) is 1.21. The van der Waals surface area contributed by atoms with E-state index in [2.05, 4.69) is 15.1 Å². The summed E-state index contributed by atoms with van der Waals surface area (Å²) in [4.78, 5) is 8.25. The maximum absolute atomic E-state index is 8.93. The summed E-state index contributed by atoms with van der Waals surface area (Å²) in [6, 6.07) is 0. The molecule has 0 saturated heterocycles. The van der Waals surface area contributed by atoms with Gasteiger partial charge >= 0.3 is 0 Å². The molecule has 0 amide bonds. The monoisotopic (exact) mass is 136 g/mol. The summed E-state index contributed by atoms with van der Waals surface area (Å²) < 4.78 is 0. The summed E-state index contributed by atoms with van der Waals surface area (Å²) in [5.41, 5.74) is 0.426. The molecule has 0 fully saturated rings. The van der Waals surface area contributed by atoms with E-state index in [9.17, 15) is 0 Å². The second-order valence-electron chi connectivity index (χ2n) is 1.84. The van der Waals surface area contributed by atoms with Crippen molar-refractivity contribution in [3.63, 3.8) is 0 Å². The minimum absolute atomic E-state index is 0.426. The standard InChI is InChI=1S/C5H4N4O/c10-9-5-4(2-8-9)1-6-3-7-5/h1-3,10H. The fourth-order valence-electron chi connectivity index (χ4n) is 0.764. The van der Waals surface area contributed by atoms with Crippen molar-refractivity contribution in [2.24, 2.45) is 0 Å². The normalized spacial score (nSPS) is 10.4. The molecule has 10 heavy (non-hydrogen) atoms. The van der Waals surface area contributed by atoms with E-state index in [4.69, 9.17) is 5.21 Å².